The molecule has 2 rings (SSSR count). The molecule has 1 atom stereocenters. The maximum Gasteiger partial charge on any atom is 0.0380 e. The van der Waals surface area contributed by atoms with Crippen LogP contribution in [-0.4, -0.2) is 19.1 Å². The van der Waals surface area contributed by atoms with Crippen LogP contribution in [-0.2, 0) is 6.54 Å². The summed E-state index contributed by atoms with van der Waals surface area (Å²) in [5, 5.41) is 3.48. The highest BCUT2D eigenvalue weighted by molar-refractivity contribution is 9.10. The van der Waals surface area contributed by atoms with Crippen LogP contribution >= 0.6 is 15.9 Å². The second-order valence-electron chi connectivity index (χ2n) is 6.08. The van der Waals surface area contributed by atoms with E-state index in [0.717, 1.165) is 19.1 Å². The van der Waals surface area contributed by atoms with E-state index >= 15 is 0 Å². The zero-order valence-corrected chi connectivity index (χ0v) is 15.1. The second-order valence-corrected chi connectivity index (χ2v) is 6.94. The fourth-order valence-electron chi connectivity index (χ4n) is 3.23. The molecule has 0 amide bonds. The molecule has 0 bridgehead atoms. The molecule has 3 heteroatoms. The molecule has 0 radical (unpaired) electrons. The number of benzene rings is 1. The van der Waals surface area contributed by atoms with Crippen LogP contribution < -0.4 is 10.2 Å². The van der Waals surface area contributed by atoms with E-state index in [9.17, 15) is 0 Å². The summed E-state index contributed by atoms with van der Waals surface area (Å²) < 4.78 is 1.24. The standard InChI is InChI=1S/C18H29BrN2/c1-3-7-16-8-5-6-12-21(16)17-10-9-15(18(19)13-17)14-20-11-4-2/h9-10,13,16,20H,3-8,11-12,14H2,1-2H3. The SMILES string of the molecule is CCCNCc1ccc(N2CCCCC2CCC)cc1Br. The summed E-state index contributed by atoms with van der Waals surface area (Å²) in [6.45, 7) is 7.75. The summed E-state index contributed by atoms with van der Waals surface area (Å²) in [6.07, 6.45) is 7.85. The molecule has 1 aromatic rings. The highest BCUT2D eigenvalue weighted by Gasteiger charge is 2.22. The Morgan fingerprint density at radius 1 is 1.24 bits per heavy atom. The topological polar surface area (TPSA) is 15.3 Å². The van der Waals surface area contributed by atoms with Gasteiger partial charge in [0.05, 0.1) is 0 Å². The lowest BCUT2D eigenvalue weighted by atomic mass is 9.97. The molecule has 1 heterocycles. The van der Waals surface area contributed by atoms with Crippen LogP contribution in [0.15, 0.2) is 22.7 Å². The van der Waals surface area contributed by atoms with Gasteiger partial charge in [0.25, 0.3) is 0 Å². The molecule has 0 spiro atoms. The highest BCUT2D eigenvalue weighted by Crippen LogP contribution is 2.30. The summed E-state index contributed by atoms with van der Waals surface area (Å²) in [5.41, 5.74) is 2.75. The van der Waals surface area contributed by atoms with Gasteiger partial charge in [-0.25, -0.2) is 0 Å². The Balaban J connectivity index is 2.06. The zero-order chi connectivity index (χ0) is 15.1. The summed E-state index contributed by atoms with van der Waals surface area (Å²) in [6, 6.07) is 7.64. The van der Waals surface area contributed by atoms with Gasteiger partial charge in [-0.1, -0.05) is 42.3 Å². The van der Waals surface area contributed by atoms with E-state index in [-0.39, 0.29) is 0 Å². The van der Waals surface area contributed by atoms with Crippen molar-refractivity contribution < 1.29 is 0 Å². The predicted molar refractivity (Wildman–Crippen MR) is 96.0 cm³/mol. The molecule has 1 saturated heterocycles. The van der Waals surface area contributed by atoms with Crippen molar-refractivity contribution in [2.45, 2.75) is 65.0 Å². The van der Waals surface area contributed by atoms with Crippen LogP contribution in [0.25, 0.3) is 0 Å². The molecule has 0 aromatic heterocycles. The number of hydrogen-bond acceptors (Lipinski definition) is 2. The van der Waals surface area contributed by atoms with E-state index in [0.29, 0.717) is 0 Å². The predicted octanol–water partition coefficient (Wildman–Crippen LogP) is 5.11. The van der Waals surface area contributed by atoms with Crippen molar-refractivity contribution >= 4 is 21.6 Å². The summed E-state index contributed by atoms with van der Waals surface area (Å²) >= 11 is 3.76. The summed E-state index contributed by atoms with van der Waals surface area (Å²) in [5.74, 6) is 0. The first-order valence-corrected chi connectivity index (χ1v) is 9.31. The minimum absolute atomic E-state index is 0.736. The number of rotatable bonds is 7. The largest absolute Gasteiger partial charge is 0.369 e. The Kier molecular flexibility index (Phi) is 7.05. The van der Waals surface area contributed by atoms with Crippen molar-refractivity contribution in [3.8, 4) is 0 Å². The second kappa shape index (κ2) is 8.79. The molecule has 1 aliphatic heterocycles. The highest BCUT2D eigenvalue weighted by atomic mass is 79.9. The van der Waals surface area contributed by atoms with Crippen molar-refractivity contribution in [2.75, 3.05) is 18.0 Å². The molecule has 118 valence electrons. The molecule has 21 heavy (non-hydrogen) atoms. The van der Waals surface area contributed by atoms with Gasteiger partial charge < -0.3 is 10.2 Å². The van der Waals surface area contributed by atoms with E-state index in [2.05, 4.69) is 58.2 Å². The third-order valence-electron chi connectivity index (χ3n) is 4.36. The first-order valence-electron chi connectivity index (χ1n) is 8.52. The molecular weight excluding hydrogens is 324 g/mol. The monoisotopic (exact) mass is 352 g/mol. The minimum Gasteiger partial charge on any atom is -0.369 e. The van der Waals surface area contributed by atoms with Crippen molar-refractivity contribution in [3.05, 3.63) is 28.2 Å². The lowest BCUT2D eigenvalue weighted by molar-refractivity contribution is 0.434. The Morgan fingerprint density at radius 2 is 2.10 bits per heavy atom. The maximum atomic E-state index is 3.76. The van der Waals surface area contributed by atoms with Crippen LogP contribution in [0.3, 0.4) is 0 Å². The van der Waals surface area contributed by atoms with Crippen LogP contribution in [0.5, 0.6) is 0 Å². The normalized spacial score (nSPS) is 19.0. The van der Waals surface area contributed by atoms with Gasteiger partial charge in [-0.15, -0.1) is 0 Å². The third kappa shape index (κ3) is 4.72. The number of anilines is 1. The molecule has 1 aliphatic rings. The molecule has 2 nitrogen and oxygen atoms in total. The number of halogens is 1. The van der Waals surface area contributed by atoms with E-state index in [4.69, 9.17) is 0 Å². The lowest BCUT2D eigenvalue weighted by Gasteiger charge is -2.38. The van der Waals surface area contributed by atoms with E-state index in [1.807, 2.05) is 0 Å². The zero-order valence-electron chi connectivity index (χ0n) is 13.5. The number of hydrogen-bond donors (Lipinski definition) is 1. The third-order valence-corrected chi connectivity index (χ3v) is 5.10. The molecule has 0 aliphatic carbocycles. The van der Waals surface area contributed by atoms with Crippen LogP contribution in [0.1, 0.15) is 57.9 Å². The van der Waals surface area contributed by atoms with E-state index < -0.39 is 0 Å². The van der Waals surface area contributed by atoms with Crippen molar-refractivity contribution in [3.63, 3.8) is 0 Å². The number of nitrogens with one attached hydrogen (secondary N) is 1. The van der Waals surface area contributed by atoms with Crippen molar-refractivity contribution in [1.29, 1.82) is 0 Å². The molecule has 1 aromatic carbocycles. The fraction of sp³-hybridized carbons (Fsp3) is 0.667. The van der Waals surface area contributed by atoms with Crippen LogP contribution in [0, 0.1) is 0 Å². The average Bonchev–Trinajstić information content (AvgIpc) is 2.50. The Labute approximate surface area is 138 Å². The molecule has 1 N–H and O–H groups in total. The quantitative estimate of drug-likeness (QED) is 0.686. The van der Waals surface area contributed by atoms with Gasteiger partial charge >= 0.3 is 0 Å². The number of piperidine rings is 1. The van der Waals surface area contributed by atoms with Crippen LogP contribution in [0.2, 0.25) is 0 Å². The van der Waals surface area contributed by atoms with E-state index in [1.165, 1.54) is 60.8 Å². The first kappa shape index (κ1) is 16.8. The van der Waals surface area contributed by atoms with Gasteiger partial charge in [-0.2, -0.15) is 0 Å². The molecule has 0 saturated carbocycles. The minimum atomic E-state index is 0.736. The van der Waals surface area contributed by atoms with Gasteiger partial charge in [0.1, 0.15) is 0 Å². The van der Waals surface area contributed by atoms with Crippen molar-refractivity contribution in [1.82, 2.24) is 5.32 Å². The Morgan fingerprint density at radius 3 is 2.81 bits per heavy atom. The Hall–Kier alpha value is -0.540. The summed E-state index contributed by atoms with van der Waals surface area (Å²) in [4.78, 5) is 2.63. The first-order chi connectivity index (χ1) is 10.3. The molecular formula is C18H29BrN2. The van der Waals surface area contributed by atoms with Crippen LogP contribution in [0.4, 0.5) is 5.69 Å². The van der Waals surface area contributed by atoms with Crippen molar-refractivity contribution in [2.24, 2.45) is 0 Å². The summed E-state index contributed by atoms with van der Waals surface area (Å²) in [7, 11) is 0. The van der Waals surface area contributed by atoms with Gasteiger partial charge in [0, 0.05) is 29.3 Å². The van der Waals surface area contributed by atoms with Gasteiger partial charge in [-0.05, 0) is 56.3 Å². The fourth-order valence-corrected chi connectivity index (χ4v) is 3.74. The van der Waals surface area contributed by atoms with Gasteiger partial charge in [0.15, 0.2) is 0 Å². The molecule has 1 fully saturated rings. The van der Waals surface area contributed by atoms with E-state index in [1.54, 1.807) is 0 Å². The van der Waals surface area contributed by atoms with Gasteiger partial charge in [-0.3, -0.25) is 0 Å². The number of nitrogens with zero attached hydrogens (tertiary/aromatic N) is 1. The average molecular weight is 353 g/mol. The smallest absolute Gasteiger partial charge is 0.0380 e. The maximum absolute atomic E-state index is 3.76. The molecule has 1 unspecified atom stereocenters. The van der Waals surface area contributed by atoms with Gasteiger partial charge in [0.2, 0.25) is 0 Å². The lowest BCUT2D eigenvalue weighted by Crippen LogP contribution is -2.39. The Bertz CT molecular complexity index is 431.